The zero-order valence-corrected chi connectivity index (χ0v) is 11.9. The van der Waals surface area contributed by atoms with E-state index >= 15 is 0 Å². The van der Waals surface area contributed by atoms with Gasteiger partial charge in [0.1, 0.15) is 11.9 Å². The van der Waals surface area contributed by atoms with E-state index in [1.165, 1.54) is 18.2 Å². The number of hydrogen-bond acceptors (Lipinski definition) is 1. The summed E-state index contributed by atoms with van der Waals surface area (Å²) < 4.78 is 44.5. The minimum absolute atomic E-state index is 0.177. The predicted molar refractivity (Wildman–Crippen MR) is 76.6 cm³/mol. The highest BCUT2D eigenvalue weighted by Gasteiger charge is 2.34. The van der Waals surface area contributed by atoms with Crippen molar-refractivity contribution in [3.63, 3.8) is 0 Å². The smallest absolute Gasteiger partial charge is 0.419 e. The van der Waals surface area contributed by atoms with E-state index in [9.17, 15) is 13.2 Å². The highest BCUT2D eigenvalue weighted by atomic mass is 35.5. The van der Waals surface area contributed by atoms with Gasteiger partial charge in [-0.25, -0.2) is 0 Å². The lowest BCUT2D eigenvalue weighted by Gasteiger charge is -2.21. The highest BCUT2D eigenvalue weighted by Crippen LogP contribution is 2.38. The third kappa shape index (κ3) is 4.14. The molecule has 0 amide bonds. The number of hydrogen-bond donors (Lipinski definition) is 0. The molecule has 0 radical (unpaired) electrons. The Balaban J connectivity index is 2.30. The molecule has 112 valence electrons. The van der Waals surface area contributed by atoms with Crippen molar-refractivity contribution < 1.29 is 17.9 Å². The molecular formula is C16H14ClF3O. The van der Waals surface area contributed by atoms with Gasteiger partial charge >= 0.3 is 6.18 Å². The maximum absolute atomic E-state index is 13.0. The number of ether oxygens (including phenoxy) is 1. The molecule has 0 saturated heterocycles. The van der Waals surface area contributed by atoms with Crippen molar-refractivity contribution in [2.75, 3.05) is 5.88 Å². The Hall–Kier alpha value is -1.68. The Labute approximate surface area is 126 Å². The van der Waals surface area contributed by atoms with Crippen LogP contribution in [0.25, 0.3) is 0 Å². The van der Waals surface area contributed by atoms with Crippen molar-refractivity contribution in [3.8, 4) is 5.75 Å². The molecule has 0 N–H and O–H groups in total. The van der Waals surface area contributed by atoms with Crippen molar-refractivity contribution in [1.29, 1.82) is 0 Å². The number of halogens is 4. The zero-order valence-electron chi connectivity index (χ0n) is 11.1. The summed E-state index contributed by atoms with van der Waals surface area (Å²) in [5.41, 5.74) is 0.0237. The summed E-state index contributed by atoms with van der Waals surface area (Å²) in [6.07, 6.45) is -4.52. The van der Waals surface area contributed by atoms with Crippen molar-refractivity contribution in [2.45, 2.75) is 18.7 Å². The van der Waals surface area contributed by atoms with Crippen molar-refractivity contribution in [2.24, 2.45) is 0 Å². The summed E-state index contributed by atoms with van der Waals surface area (Å²) in [4.78, 5) is 0. The SMILES string of the molecule is FC(F)(F)c1ccccc1O[C@H](CCCl)c1ccccc1. The van der Waals surface area contributed by atoms with Crippen LogP contribution < -0.4 is 4.74 Å². The molecule has 2 rings (SSSR count). The molecule has 0 saturated carbocycles. The number of para-hydroxylation sites is 1. The average molecular weight is 315 g/mol. The van der Waals surface area contributed by atoms with Crippen LogP contribution in [0.5, 0.6) is 5.75 Å². The maximum Gasteiger partial charge on any atom is 0.419 e. The molecule has 1 nitrogen and oxygen atoms in total. The second-order valence-electron chi connectivity index (χ2n) is 4.49. The zero-order chi connectivity index (χ0) is 15.3. The van der Waals surface area contributed by atoms with Crippen LogP contribution in [0.1, 0.15) is 23.7 Å². The fourth-order valence-corrected chi connectivity index (χ4v) is 2.22. The van der Waals surface area contributed by atoms with Gasteiger partial charge in [-0.15, -0.1) is 11.6 Å². The Morgan fingerprint density at radius 2 is 1.57 bits per heavy atom. The number of benzene rings is 2. The average Bonchev–Trinajstić information content (AvgIpc) is 2.47. The van der Waals surface area contributed by atoms with Crippen LogP contribution in [-0.4, -0.2) is 5.88 Å². The molecule has 1 atom stereocenters. The summed E-state index contributed by atoms with van der Waals surface area (Å²) in [5.74, 6) is 0.122. The molecule has 0 aromatic heterocycles. The molecule has 0 aliphatic heterocycles. The first-order valence-electron chi connectivity index (χ1n) is 6.46. The summed E-state index contributed by atoms with van der Waals surface area (Å²) >= 11 is 5.74. The van der Waals surface area contributed by atoms with Gasteiger partial charge in [0.2, 0.25) is 0 Å². The standard InChI is InChI=1S/C16H14ClF3O/c17-11-10-14(12-6-2-1-3-7-12)21-15-9-5-4-8-13(15)16(18,19)20/h1-9,14H,10-11H2/t14-/m1/s1. The van der Waals surface area contributed by atoms with Gasteiger partial charge in [0.15, 0.2) is 0 Å². The van der Waals surface area contributed by atoms with Crippen LogP contribution in [0.15, 0.2) is 54.6 Å². The van der Waals surface area contributed by atoms with E-state index in [2.05, 4.69) is 0 Å². The van der Waals surface area contributed by atoms with E-state index in [0.717, 1.165) is 11.6 Å². The van der Waals surface area contributed by atoms with Crippen LogP contribution in [0.3, 0.4) is 0 Å². The first-order chi connectivity index (χ1) is 10.0. The fourth-order valence-electron chi connectivity index (χ4n) is 2.02. The molecule has 5 heteroatoms. The molecule has 0 fully saturated rings. The van der Waals surface area contributed by atoms with Gasteiger partial charge in [-0.2, -0.15) is 13.2 Å². The predicted octanol–water partition coefficient (Wildman–Crippen LogP) is 5.45. The molecular weight excluding hydrogens is 301 g/mol. The minimum Gasteiger partial charge on any atom is -0.485 e. The summed E-state index contributed by atoms with van der Waals surface area (Å²) in [6, 6.07) is 14.3. The lowest BCUT2D eigenvalue weighted by molar-refractivity contribution is -0.139. The lowest BCUT2D eigenvalue weighted by atomic mass is 10.1. The van der Waals surface area contributed by atoms with Crippen LogP contribution in [0.4, 0.5) is 13.2 Å². The largest absolute Gasteiger partial charge is 0.485 e. The molecule has 21 heavy (non-hydrogen) atoms. The van der Waals surface area contributed by atoms with E-state index in [0.29, 0.717) is 12.3 Å². The van der Waals surface area contributed by atoms with Crippen LogP contribution >= 0.6 is 11.6 Å². The molecule has 0 bridgehead atoms. The third-order valence-electron chi connectivity index (χ3n) is 3.00. The van der Waals surface area contributed by atoms with Crippen LogP contribution in [0.2, 0.25) is 0 Å². The first kappa shape index (κ1) is 15.7. The molecule has 0 unspecified atom stereocenters. The molecule has 0 spiro atoms. The van der Waals surface area contributed by atoms with Gasteiger partial charge in [-0.05, 0) is 17.7 Å². The molecule has 0 heterocycles. The highest BCUT2D eigenvalue weighted by molar-refractivity contribution is 6.17. The Kier molecular flexibility index (Phi) is 5.12. The monoisotopic (exact) mass is 314 g/mol. The molecule has 0 aliphatic carbocycles. The van der Waals surface area contributed by atoms with E-state index in [-0.39, 0.29) is 5.75 Å². The van der Waals surface area contributed by atoms with Crippen molar-refractivity contribution in [3.05, 3.63) is 65.7 Å². The van der Waals surface area contributed by atoms with Gasteiger partial charge in [-0.1, -0.05) is 42.5 Å². The van der Waals surface area contributed by atoms with Crippen LogP contribution in [0, 0.1) is 0 Å². The topological polar surface area (TPSA) is 9.23 Å². The third-order valence-corrected chi connectivity index (χ3v) is 3.22. The normalized spacial score (nSPS) is 13.0. The van der Waals surface area contributed by atoms with E-state index in [1.54, 1.807) is 0 Å². The lowest BCUT2D eigenvalue weighted by Crippen LogP contribution is -2.13. The number of alkyl halides is 4. The summed E-state index contributed by atoms with van der Waals surface area (Å²) in [7, 11) is 0. The van der Waals surface area contributed by atoms with E-state index < -0.39 is 17.8 Å². The molecule has 0 aliphatic rings. The van der Waals surface area contributed by atoms with Gasteiger partial charge in [0.05, 0.1) is 5.56 Å². The molecule has 2 aromatic carbocycles. The first-order valence-corrected chi connectivity index (χ1v) is 6.99. The van der Waals surface area contributed by atoms with Gasteiger partial charge in [0, 0.05) is 12.3 Å². The van der Waals surface area contributed by atoms with Crippen LogP contribution in [-0.2, 0) is 6.18 Å². The van der Waals surface area contributed by atoms with Crippen molar-refractivity contribution >= 4 is 11.6 Å². The Morgan fingerprint density at radius 1 is 0.952 bits per heavy atom. The Morgan fingerprint density at radius 3 is 2.19 bits per heavy atom. The van der Waals surface area contributed by atoms with E-state index in [4.69, 9.17) is 16.3 Å². The second kappa shape index (κ2) is 6.85. The second-order valence-corrected chi connectivity index (χ2v) is 4.87. The maximum atomic E-state index is 13.0. The van der Waals surface area contributed by atoms with E-state index in [1.807, 2.05) is 30.3 Å². The summed E-state index contributed by atoms with van der Waals surface area (Å²) in [6.45, 7) is 0. The van der Waals surface area contributed by atoms with Crippen molar-refractivity contribution in [1.82, 2.24) is 0 Å². The summed E-state index contributed by atoms with van der Waals surface area (Å²) in [5, 5.41) is 0. The van der Waals surface area contributed by atoms with Gasteiger partial charge in [0.25, 0.3) is 0 Å². The fraction of sp³-hybridized carbons (Fsp3) is 0.250. The van der Waals surface area contributed by atoms with Gasteiger partial charge < -0.3 is 4.74 Å². The Bertz CT molecular complexity index is 569. The minimum atomic E-state index is -4.45. The quantitative estimate of drug-likeness (QED) is 0.666. The van der Waals surface area contributed by atoms with Gasteiger partial charge in [-0.3, -0.25) is 0 Å². The number of rotatable bonds is 5. The molecule has 2 aromatic rings.